The van der Waals surface area contributed by atoms with Gasteiger partial charge in [0.25, 0.3) is 10.1 Å². The first-order valence-corrected chi connectivity index (χ1v) is 12.8. The van der Waals surface area contributed by atoms with E-state index in [1.54, 1.807) is 0 Å². The minimum atomic E-state index is -3.65. The predicted molar refractivity (Wildman–Crippen MR) is 107 cm³/mol. The van der Waals surface area contributed by atoms with E-state index in [2.05, 4.69) is 13.8 Å². The lowest BCUT2D eigenvalue weighted by Crippen LogP contribution is -2.59. The van der Waals surface area contributed by atoms with E-state index >= 15 is 0 Å². The van der Waals surface area contributed by atoms with Crippen molar-refractivity contribution in [2.75, 3.05) is 12.9 Å². The molecule has 0 bridgehead atoms. The van der Waals surface area contributed by atoms with Gasteiger partial charge in [-0.15, -0.1) is 0 Å². The fourth-order valence-electron chi connectivity index (χ4n) is 7.97. The number of carbonyl (C=O) groups excluding carboxylic acids is 2. The van der Waals surface area contributed by atoms with Crippen molar-refractivity contribution in [3.63, 3.8) is 0 Å². The van der Waals surface area contributed by atoms with Crippen LogP contribution >= 0.6 is 0 Å². The second-order valence-corrected chi connectivity index (χ2v) is 12.3. The fourth-order valence-corrected chi connectivity index (χ4v) is 8.30. The van der Waals surface area contributed by atoms with Gasteiger partial charge in [-0.1, -0.05) is 13.8 Å². The molecular weight excluding hydrogens is 392 g/mol. The van der Waals surface area contributed by atoms with Crippen LogP contribution < -0.4 is 0 Å². The zero-order valence-corrected chi connectivity index (χ0v) is 18.5. The van der Waals surface area contributed by atoms with Gasteiger partial charge in [0.15, 0.2) is 5.78 Å². The Bertz CT molecular complexity index is 806. The number of hydrogen-bond acceptors (Lipinski definition) is 6. The third-order valence-corrected chi connectivity index (χ3v) is 9.76. The maximum Gasteiger partial charge on any atom is 0.264 e. The number of aliphatic hydroxyl groups excluding tert-OH is 1. The second kappa shape index (κ2) is 7.13. The zero-order chi connectivity index (χ0) is 21.2. The molecular formula is C22H34O6S. The summed E-state index contributed by atoms with van der Waals surface area (Å²) in [5.41, 5.74) is -0.314. The number of fused-ring (bicyclic) bond motifs is 5. The zero-order valence-electron chi connectivity index (χ0n) is 17.7. The molecule has 7 heteroatoms. The molecule has 4 aliphatic rings. The van der Waals surface area contributed by atoms with Crippen molar-refractivity contribution < 1.29 is 27.3 Å². The maximum absolute atomic E-state index is 12.8. The Morgan fingerprint density at radius 1 is 1.17 bits per heavy atom. The molecule has 4 aliphatic carbocycles. The van der Waals surface area contributed by atoms with Crippen LogP contribution in [0.1, 0.15) is 65.2 Å². The van der Waals surface area contributed by atoms with Crippen LogP contribution in [0.5, 0.6) is 0 Å². The lowest BCUT2D eigenvalue weighted by atomic mass is 9.44. The van der Waals surface area contributed by atoms with Crippen LogP contribution in [0.15, 0.2) is 0 Å². The standard InChI is InChI=1S/C22H34O6S/c1-21-9-8-14(23)10-13(21)4-5-15-16-6-7-17(19(25)12-28-29(3,26)27)22(16,2)11-18(24)20(15)21/h13,15-18,20,24H,4-12H2,1-3H3/t13-,15-,16-,17?,18-,20+,21-,22-/m0/s1. The summed E-state index contributed by atoms with van der Waals surface area (Å²) in [6.45, 7) is 3.99. The van der Waals surface area contributed by atoms with Crippen LogP contribution in [0.3, 0.4) is 0 Å². The summed E-state index contributed by atoms with van der Waals surface area (Å²) >= 11 is 0. The van der Waals surface area contributed by atoms with Crippen LogP contribution in [-0.2, 0) is 23.9 Å². The van der Waals surface area contributed by atoms with E-state index in [-0.39, 0.29) is 28.4 Å². The highest BCUT2D eigenvalue weighted by Gasteiger charge is 2.63. The van der Waals surface area contributed by atoms with E-state index < -0.39 is 22.8 Å². The number of hydrogen-bond donors (Lipinski definition) is 1. The quantitative estimate of drug-likeness (QED) is 0.694. The van der Waals surface area contributed by atoms with Crippen LogP contribution in [0.2, 0.25) is 0 Å². The number of Topliss-reactive ketones (excluding diaryl/α,β-unsaturated/α-hetero) is 2. The average Bonchev–Trinajstić information content (AvgIpc) is 2.96. The van der Waals surface area contributed by atoms with Crippen LogP contribution in [0, 0.1) is 40.4 Å². The molecule has 4 fully saturated rings. The molecule has 0 radical (unpaired) electrons. The molecule has 164 valence electrons. The highest BCUT2D eigenvalue weighted by atomic mass is 32.2. The van der Waals surface area contributed by atoms with E-state index in [9.17, 15) is 23.1 Å². The van der Waals surface area contributed by atoms with Crippen molar-refractivity contribution in [2.45, 2.75) is 71.3 Å². The maximum atomic E-state index is 12.8. The minimum absolute atomic E-state index is 0.000924. The first kappa shape index (κ1) is 21.4. The molecule has 0 aromatic heterocycles. The number of aliphatic hydroxyl groups is 1. The average molecular weight is 427 g/mol. The van der Waals surface area contributed by atoms with Gasteiger partial charge in [0.05, 0.1) is 12.4 Å². The van der Waals surface area contributed by atoms with Crippen LogP contribution in [-0.4, -0.2) is 44.1 Å². The molecule has 0 aliphatic heterocycles. The van der Waals surface area contributed by atoms with Crippen LogP contribution in [0.25, 0.3) is 0 Å². The lowest BCUT2D eigenvalue weighted by molar-refractivity contribution is -0.174. The van der Waals surface area contributed by atoms with E-state index in [0.29, 0.717) is 42.8 Å². The molecule has 1 N–H and O–H groups in total. The monoisotopic (exact) mass is 426 g/mol. The van der Waals surface area contributed by atoms with Crippen molar-refractivity contribution in [1.82, 2.24) is 0 Å². The largest absolute Gasteiger partial charge is 0.393 e. The molecule has 29 heavy (non-hydrogen) atoms. The highest BCUT2D eigenvalue weighted by molar-refractivity contribution is 7.86. The Kier molecular flexibility index (Phi) is 5.27. The number of ketones is 2. The topological polar surface area (TPSA) is 97.7 Å². The molecule has 0 saturated heterocycles. The summed E-state index contributed by atoms with van der Waals surface area (Å²) in [6, 6.07) is 0. The second-order valence-electron chi connectivity index (χ2n) is 10.7. The van der Waals surface area contributed by atoms with E-state index in [4.69, 9.17) is 4.18 Å². The Hall–Kier alpha value is -0.790. The predicted octanol–water partition coefficient (Wildman–Crippen LogP) is 2.73. The lowest BCUT2D eigenvalue weighted by Gasteiger charge is -2.61. The summed E-state index contributed by atoms with van der Waals surface area (Å²) in [5, 5.41) is 11.3. The van der Waals surface area contributed by atoms with Crippen molar-refractivity contribution in [3.8, 4) is 0 Å². The Labute approximate surface area is 173 Å². The molecule has 0 amide bonds. The van der Waals surface area contributed by atoms with Crippen molar-refractivity contribution in [1.29, 1.82) is 0 Å². The minimum Gasteiger partial charge on any atom is -0.393 e. The Morgan fingerprint density at radius 2 is 1.90 bits per heavy atom. The first-order valence-electron chi connectivity index (χ1n) is 11.0. The normalized spacial score (nSPS) is 47.2. The van der Waals surface area contributed by atoms with E-state index in [0.717, 1.165) is 38.4 Å². The van der Waals surface area contributed by atoms with E-state index in [1.807, 2.05) is 0 Å². The van der Waals surface area contributed by atoms with Crippen molar-refractivity contribution >= 4 is 21.7 Å². The molecule has 0 heterocycles. The van der Waals surface area contributed by atoms with Gasteiger partial charge in [-0.3, -0.25) is 13.8 Å². The Morgan fingerprint density at radius 3 is 2.59 bits per heavy atom. The summed E-state index contributed by atoms with van der Waals surface area (Å²) in [5.74, 6) is 1.22. The smallest absolute Gasteiger partial charge is 0.264 e. The Balaban J connectivity index is 1.57. The molecule has 4 rings (SSSR count). The molecule has 8 atom stereocenters. The SMILES string of the molecule is C[C@]12CCC(=O)C[C@@H]1CC[C@@H]1[C@@H]2[C@@H](O)C[C@]2(C)C(C(=O)COS(C)(=O)=O)CC[C@@H]12. The van der Waals surface area contributed by atoms with Gasteiger partial charge in [0.1, 0.15) is 12.4 Å². The number of rotatable bonds is 4. The highest BCUT2D eigenvalue weighted by Crippen LogP contribution is 2.67. The van der Waals surface area contributed by atoms with Gasteiger partial charge >= 0.3 is 0 Å². The molecule has 6 nitrogen and oxygen atoms in total. The van der Waals surface area contributed by atoms with Crippen molar-refractivity contribution in [2.24, 2.45) is 40.4 Å². The molecule has 4 saturated carbocycles. The van der Waals surface area contributed by atoms with Gasteiger partial charge in [-0.2, -0.15) is 8.42 Å². The third-order valence-electron chi connectivity index (χ3n) is 9.21. The molecule has 0 aromatic rings. The summed E-state index contributed by atoms with van der Waals surface area (Å²) in [6.07, 6.45) is 6.91. The summed E-state index contributed by atoms with van der Waals surface area (Å²) in [7, 11) is -3.65. The summed E-state index contributed by atoms with van der Waals surface area (Å²) in [4.78, 5) is 24.9. The van der Waals surface area contributed by atoms with Gasteiger partial charge in [-0.25, -0.2) is 0 Å². The van der Waals surface area contributed by atoms with Gasteiger partial charge in [0.2, 0.25) is 0 Å². The van der Waals surface area contributed by atoms with Gasteiger partial charge in [0, 0.05) is 18.8 Å². The number of carbonyl (C=O) groups is 2. The van der Waals surface area contributed by atoms with Crippen molar-refractivity contribution in [3.05, 3.63) is 0 Å². The molecule has 0 spiro atoms. The van der Waals surface area contributed by atoms with Gasteiger partial charge in [-0.05, 0) is 73.0 Å². The fraction of sp³-hybridized carbons (Fsp3) is 0.909. The van der Waals surface area contributed by atoms with Crippen LogP contribution in [0.4, 0.5) is 0 Å². The van der Waals surface area contributed by atoms with Gasteiger partial charge < -0.3 is 5.11 Å². The summed E-state index contributed by atoms with van der Waals surface area (Å²) < 4.78 is 27.4. The molecule has 1 unspecified atom stereocenters. The third kappa shape index (κ3) is 3.51. The molecule has 0 aromatic carbocycles. The first-order chi connectivity index (χ1) is 13.5. The van der Waals surface area contributed by atoms with E-state index in [1.165, 1.54) is 0 Å².